The molecule has 1 heterocycles. The number of hydrogen-bond donors (Lipinski definition) is 2. The molecule has 43 heavy (non-hydrogen) atoms. The first-order valence-corrected chi connectivity index (χ1v) is 13.4. The molecular weight excluding hydrogens is 601 g/mol. The van der Waals surface area contributed by atoms with Gasteiger partial charge in [-0.3, -0.25) is 19.2 Å². The molecule has 1 aromatic carbocycles. The van der Waals surface area contributed by atoms with Crippen molar-refractivity contribution < 1.29 is 41.1 Å². The molecule has 0 spiro atoms. The number of likely N-dealkylation sites (tertiary alicyclic amines) is 1. The highest BCUT2D eigenvalue weighted by atomic mass is 35.5. The molecular formula is C28H33ClF5N5O4. The quantitative estimate of drug-likeness (QED) is 0.305. The van der Waals surface area contributed by atoms with Crippen molar-refractivity contribution >= 4 is 40.9 Å². The average Bonchev–Trinajstić information content (AvgIpc) is 3.31. The number of carbonyl (C=O) groups is 4. The summed E-state index contributed by atoms with van der Waals surface area (Å²) in [4.78, 5) is 54.1. The van der Waals surface area contributed by atoms with Crippen LogP contribution in [0, 0.1) is 22.2 Å². The summed E-state index contributed by atoms with van der Waals surface area (Å²) < 4.78 is 64.8. The number of carbonyl (C=O) groups excluding carboxylic acids is 4. The summed E-state index contributed by atoms with van der Waals surface area (Å²) in [6.07, 6.45) is -5.02. The average molecular weight is 634 g/mol. The lowest BCUT2D eigenvalue weighted by Gasteiger charge is -2.37. The van der Waals surface area contributed by atoms with E-state index in [0.717, 1.165) is 23.8 Å². The van der Waals surface area contributed by atoms with Crippen LogP contribution in [0.3, 0.4) is 0 Å². The van der Waals surface area contributed by atoms with Crippen molar-refractivity contribution in [2.75, 3.05) is 18.9 Å². The van der Waals surface area contributed by atoms with Gasteiger partial charge in [-0.1, -0.05) is 38.4 Å². The number of benzene rings is 1. The van der Waals surface area contributed by atoms with Crippen molar-refractivity contribution in [2.24, 2.45) is 10.8 Å². The molecule has 2 rings (SSSR count). The van der Waals surface area contributed by atoms with Crippen molar-refractivity contribution in [3.8, 4) is 6.07 Å². The molecule has 4 amide bonds. The largest absolute Gasteiger partial charge is 0.463 e. The van der Waals surface area contributed by atoms with Crippen LogP contribution in [0.4, 0.5) is 27.6 Å². The number of nitrogens with zero attached hydrogens (tertiary/aromatic N) is 3. The van der Waals surface area contributed by atoms with Gasteiger partial charge in [-0.2, -0.15) is 27.2 Å². The zero-order valence-corrected chi connectivity index (χ0v) is 24.9. The summed E-state index contributed by atoms with van der Waals surface area (Å²) in [5.41, 5.74) is -1.64. The molecule has 0 radical (unpaired) electrons. The third-order valence-electron chi connectivity index (χ3n) is 7.03. The molecule has 4 atom stereocenters. The second kappa shape index (κ2) is 12.9. The third kappa shape index (κ3) is 8.01. The lowest BCUT2D eigenvalue weighted by atomic mass is 9.84. The highest BCUT2D eigenvalue weighted by molar-refractivity contribution is 6.30. The molecule has 0 bridgehead atoms. The minimum Gasteiger partial charge on any atom is -0.339 e. The van der Waals surface area contributed by atoms with Gasteiger partial charge in [0.05, 0.1) is 11.5 Å². The van der Waals surface area contributed by atoms with E-state index in [9.17, 15) is 46.4 Å². The number of nitrogens with one attached hydrogen (secondary N) is 2. The van der Waals surface area contributed by atoms with Gasteiger partial charge in [0, 0.05) is 30.7 Å². The highest BCUT2D eigenvalue weighted by Gasteiger charge is 2.63. The van der Waals surface area contributed by atoms with E-state index in [2.05, 4.69) is 11.9 Å². The van der Waals surface area contributed by atoms with Gasteiger partial charge in [-0.15, -0.1) is 6.58 Å². The van der Waals surface area contributed by atoms with Crippen LogP contribution in [0.1, 0.15) is 40.5 Å². The van der Waals surface area contributed by atoms with Crippen LogP contribution in [-0.2, 0) is 19.2 Å². The fourth-order valence-corrected chi connectivity index (χ4v) is 4.70. The highest BCUT2D eigenvalue weighted by Crippen LogP contribution is 2.39. The van der Waals surface area contributed by atoms with Gasteiger partial charge in [-0.25, -0.2) is 0 Å². The first-order valence-electron chi connectivity index (χ1n) is 13.0. The van der Waals surface area contributed by atoms with Crippen LogP contribution < -0.4 is 10.6 Å². The van der Waals surface area contributed by atoms with Crippen LogP contribution in [0.15, 0.2) is 36.9 Å². The van der Waals surface area contributed by atoms with E-state index < -0.39 is 64.7 Å². The Morgan fingerprint density at radius 1 is 1.19 bits per heavy atom. The summed E-state index contributed by atoms with van der Waals surface area (Å²) in [7, 11) is 1.13. The van der Waals surface area contributed by atoms with Crippen LogP contribution in [0.25, 0.3) is 0 Å². The van der Waals surface area contributed by atoms with E-state index in [4.69, 9.17) is 11.6 Å². The molecule has 0 aliphatic carbocycles. The Hall–Kier alpha value is -3.73. The van der Waals surface area contributed by atoms with Crippen molar-refractivity contribution in [2.45, 2.75) is 70.8 Å². The lowest BCUT2D eigenvalue weighted by molar-refractivity contribution is -0.270. The van der Waals surface area contributed by atoms with Crippen LogP contribution >= 0.6 is 11.6 Å². The Morgan fingerprint density at radius 3 is 2.21 bits per heavy atom. The van der Waals surface area contributed by atoms with E-state index in [1.165, 1.54) is 11.4 Å². The maximum Gasteiger partial charge on any atom is 0.463 e. The van der Waals surface area contributed by atoms with Crippen LogP contribution in [0.2, 0.25) is 5.02 Å². The Kier molecular flexibility index (Phi) is 10.6. The maximum atomic E-state index is 13.9. The standard InChI is InChI=1S/C28H33ClF5N5O4/c1-7-26(23(42)37-18-10-8-17(29)9-11-18)12-19(14-35)39(15-26)22(41)20(13-25(3,4)5)38(6)21(40)16(2)36-24(43)27(30,31)28(32,33)34/h7-11,16,19-20H,1,12-13,15H2,2-6H3,(H,36,43)(H,37,42)/t16-,19-,20-,26-/m0/s1. The molecule has 2 N–H and O–H groups in total. The first kappa shape index (κ1) is 35.5. The molecule has 1 saturated heterocycles. The van der Waals surface area contributed by atoms with Gasteiger partial charge in [-0.05, 0) is 43.0 Å². The zero-order valence-electron chi connectivity index (χ0n) is 24.2. The van der Waals surface area contributed by atoms with Crippen molar-refractivity contribution in [1.29, 1.82) is 5.26 Å². The van der Waals surface area contributed by atoms with E-state index in [1.54, 1.807) is 45.0 Å². The fourth-order valence-electron chi connectivity index (χ4n) is 4.57. The van der Waals surface area contributed by atoms with E-state index in [1.807, 2.05) is 6.07 Å². The summed E-state index contributed by atoms with van der Waals surface area (Å²) in [6, 6.07) is 3.86. The van der Waals surface area contributed by atoms with Crippen molar-refractivity contribution in [1.82, 2.24) is 15.1 Å². The van der Waals surface area contributed by atoms with Gasteiger partial charge >= 0.3 is 18.0 Å². The third-order valence-corrected chi connectivity index (χ3v) is 7.28. The zero-order chi connectivity index (χ0) is 33.1. The Balaban J connectivity index is 2.35. The predicted octanol–water partition coefficient (Wildman–Crippen LogP) is 4.54. The maximum absolute atomic E-state index is 13.9. The second-order valence-electron chi connectivity index (χ2n) is 11.6. The number of amides is 4. The van der Waals surface area contributed by atoms with E-state index in [-0.39, 0.29) is 19.4 Å². The predicted molar refractivity (Wildman–Crippen MR) is 148 cm³/mol. The Labute approximate surface area is 251 Å². The molecule has 1 aliphatic rings. The first-order chi connectivity index (χ1) is 19.6. The van der Waals surface area contributed by atoms with Crippen LogP contribution in [0.5, 0.6) is 0 Å². The summed E-state index contributed by atoms with van der Waals surface area (Å²) in [5.74, 6) is -10.9. The number of nitriles is 1. The smallest absolute Gasteiger partial charge is 0.339 e. The minimum absolute atomic E-state index is 0.0276. The van der Waals surface area contributed by atoms with Gasteiger partial charge in [0.25, 0.3) is 0 Å². The number of anilines is 1. The fraction of sp³-hybridized carbons (Fsp3) is 0.536. The molecule has 0 unspecified atom stereocenters. The van der Waals surface area contributed by atoms with Crippen LogP contribution in [-0.4, -0.2) is 77.2 Å². The number of halogens is 6. The minimum atomic E-state index is -6.18. The monoisotopic (exact) mass is 633 g/mol. The molecule has 1 aromatic rings. The second-order valence-corrected chi connectivity index (χ2v) is 12.1. The van der Waals surface area contributed by atoms with E-state index in [0.29, 0.717) is 10.7 Å². The van der Waals surface area contributed by atoms with E-state index >= 15 is 0 Å². The van der Waals surface area contributed by atoms with Gasteiger partial charge in [0.2, 0.25) is 17.7 Å². The molecule has 15 heteroatoms. The number of alkyl halides is 5. The molecule has 9 nitrogen and oxygen atoms in total. The van der Waals surface area contributed by atoms with Crippen molar-refractivity contribution in [3.63, 3.8) is 0 Å². The molecule has 236 valence electrons. The lowest BCUT2D eigenvalue weighted by Crippen LogP contribution is -2.58. The molecule has 0 aromatic heterocycles. The topological polar surface area (TPSA) is 123 Å². The molecule has 0 saturated carbocycles. The van der Waals surface area contributed by atoms with Gasteiger partial charge < -0.3 is 20.4 Å². The Morgan fingerprint density at radius 2 is 1.74 bits per heavy atom. The van der Waals surface area contributed by atoms with Crippen molar-refractivity contribution in [3.05, 3.63) is 41.9 Å². The summed E-state index contributed by atoms with van der Waals surface area (Å²) in [6.45, 7) is 9.55. The number of likely N-dealkylation sites (N-methyl/N-ethyl adjacent to an activating group) is 1. The summed E-state index contributed by atoms with van der Waals surface area (Å²) >= 11 is 5.89. The van der Waals surface area contributed by atoms with Gasteiger partial charge in [0.15, 0.2) is 0 Å². The molecule has 1 aliphatic heterocycles. The normalized spacial score (nSPS) is 20.4. The SMILES string of the molecule is C=C[C@]1(C(=O)Nc2ccc(Cl)cc2)C[C@@H](C#N)N(C(=O)[C@H](CC(C)(C)C)N(C)C(=O)[C@H](C)NC(=O)C(F)(F)C(F)(F)F)C1. The molecule has 1 fully saturated rings. The summed E-state index contributed by atoms with van der Waals surface area (Å²) in [5, 5.41) is 14.4. The van der Waals surface area contributed by atoms with Gasteiger partial charge in [0.1, 0.15) is 18.1 Å². The number of rotatable bonds is 9. The Bertz CT molecular complexity index is 1290. The number of hydrogen-bond acceptors (Lipinski definition) is 5.